The minimum absolute atomic E-state index is 0.0351. The van der Waals surface area contributed by atoms with Crippen molar-refractivity contribution in [2.75, 3.05) is 25.9 Å². The molecule has 0 atom stereocenters. The second-order valence-corrected chi connectivity index (χ2v) is 6.51. The zero-order chi connectivity index (χ0) is 14.6. The Morgan fingerprint density at radius 1 is 1.42 bits per heavy atom. The van der Waals surface area contributed by atoms with Gasteiger partial charge in [-0.05, 0) is 32.0 Å². The molecule has 0 unspecified atom stereocenters. The summed E-state index contributed by atoms with van der Waals surface area (Å²) in [6.07, 6.45) is 0.0559. The van der Waals surface area contributed by atoms with Gasteiger partial charge in [0.15, 0.2) is 0 Å². The number of phenolic OH excluding ortho intramolecular Hbond substituents is 1. The second kappa shape index (κ2) is 6.23. The van der Waals surface area contributed by atoms with Gasteiger partial charge in [-0.25, -0.2) is 8.42 Å². The number of hydrogen-bond acceptors (Lipinski definition) is 5. The second-order valence-electron chi connectivity index (χ2n) is 4.47. The fourth-order valence-electron chi connectivity index (χ4n) is 1.41. The number of rotatable bonds is 6. The highest BCUT2D eigenvalue weighted by Gasteiger charge is 2.21. The van der Waals surface area contributed by atoms with Crippen LogP contribution in [0.5, 0.6) is 5.75 Å². The zero-order valence-electron chi connectivity index (χ0n) is 11.3. The van der Waals surface area contributed by atoms with Gasteiger partial charge in [-0.2, -0.15) is 4.31 Å². The number of nitrogens with zero attached hydrogens (tertiary/aromatic N) is 1. The zero-order valence-corrected chi connectivity index (χ0v) is 12.1. The van der Waals surface area contributed by atoms with Crippen LogP contribution in [0.1, 0.15) is 13.8 Å². The van der Waals surface area contributed by atoms with E-state index >= 15 is 0 Å². The van der Waals surface area contributed by atoms with Crippen molar-refractivity contribution in [2.45, 2.75) is 24.8 Å². The van der Waals surface area contributed by atoms with Crippen LogP contribution < -0.4 is 5.73 Å². The Labute approximate surface area is 113 Å². The summed E-state index contributed by atoms with van der Waals surface area (Å²) in [5.74, 6) is -0.134. The molecular formula is C12H20N2O4S. The van der Waals surface area contributed by atoms with Gasteiger partial charge in [0, 0.05) is 13.6 Å². The standard InChI is InChI=1S/C12H20N2O4S/c1-9(2)18-7-6-14(3)19(16,17)10-4-5-12(15)11(13)8-10/h4-5,8-9,15H,6-7,13H2,1-3H3. The van der Waals surface area contributed by atoms with E-state index in [0.29, 0.717) is 6.61 Å². The molecule has 0 aromatic heterocycles. The monoisotopic (exact) mass is 288 g/mol. The molecular weight excluding hydrogens is 268 g/mol. The average Bonchev–Trinajstić information content (AvgIpc) is 2.31. The first-order valence-electron chi connectivity index (χ1n) is 5.91. The maximum atomic E-state index is 12.2. The van der Waals surface area contributed by atoms with E-state index in [1.165, 1.54) is 29.6 Å². The van der Waals surface area contributed by atoms with Gasteiger partial charge in [-0.3, -0.25) is 0 Å². The fourth-order valence-corrected chi connectivity index (χ4v) is 2.60. The average molecular weight is 288 g/mol. The van der Waals surface area contributed by atoms with Crippen molar-refractivity contribution in [2.24, 2.45) is 0 Å². The summed E-state index contributed by atoms with van der Waals surface area (Å²) < 4.78 is 30.9. The number of anilines is 1. The predicted molar refractivity (Wildman–Crippen MR) is 73.4 cm³/mol. The van der Waals surface area contributed by atoms with Crippen molar-refractivity contribution in [1.29, 1.82) is 0 Å². The molecule has 3 N–H and O–H groups in total. The summed E-state index contributed by atoms with van der Waals surface area (Å²) in [5, 5.41) is 9.30. The minimum Gasteiger partial charge on any atom is -0.506 e. The normalized spacial score (nSPS) is 12.3. The summed E-state index contributed by atoms with van der Waals surface area (Å²) in [7, 11) is -2.14. The number of sulfonamides is 1. The highest BCUT2D eigenvalue weighted by atomic mass is 32.2. The van der Waals surface area contributed by atoms with Gasteiger partial charge in [0.1, 0.15) is 5.75 Å². The molecule has 0 heterocycles. The molecule has 0 saturated heterocycles. The van der Waals surface area contributed by atoms with E-state index in [9.17, 15) is 13.5 Å². The first-order chi connectivity index (χ1) is 8.75. The van der Waals surface area contributed by atoms with E-state index < -0.39 is 10.0 Å². The number of ether oxygens (including phenoxy) is 1. The Bertz CT molecular complexity index is 529. The molecule has 6 nitrogen and oxygen atoms in total. The van der Waals surface area contributed by atoms with Crippen molar-refractivity contribution >= 4 is 15.7 Å². The van der Waals surface area contributed by atoms with Gasteiger partial charge in [0.05, 0.1) is 23.3 Å². The lowest BCUT2D eigenvalue weighted by Crippen LogP contribution is -2.31. The third kappa shape index (κ3) is 4.09. The number of likely N-dealkylation sites (N-methyl/N-ethyl adjacent to an activating group) is 1. The molecule has 1 rings (SSSR count). The molecule has 0 fully saturated rings. The summed E-state index contributed by atoms with van der Waals surface area (Å²) in [4.78, 5) is 0.0508. The van der Waals surface area contributed by atoms with E-state index in [1.54, 1.807) is 0 Å². The molecule has 0 radical (unpaired) electrons. The summed E-state index contributed by atoms with van der Waals surface area (Å²) in [6.45, 7) is 4.34. The van der Waals surface area contributed by atoms with Crippen molar-refractivity contribution < 1.29 is 18.3 Å². The Balaban J connectivity index is 2.81. The molecule has 0 aliphatic rings. The van der Waals surface area contributed by atoms with Crippen LogP contribution in [0.15, 0.2) is 23.1 Å². The van der Waals surface area contributed by atoms with E-state index in [2.05, 4.69) is 0 Å². The smallest absolute Gasteiger partial charge is 0.242 e. The third-order valence-corrected chi connectivity index (χ3v) is 4.42. The van der Waals surface area contributed by atoms with Crippen LogP contribution >= 0.6 is 0 Å². The van der Waals surface area contributed by atoms with Crippen LogP contribution in [0.25, 0.3) is 0 Å². The number of nitrogens with two attached hydrogens (primary N) is 1. The fraction of sp³-hybridized carbons (Fsp3) is 0.500. The van der Waals surface area contributed by atoms with E-state index in [1.807, 2.05) is 13.8 Å². The van der Waals surface area contributed by atoms with Crippen LogP contribution in [0.2, 0.25) is 0 Å². The van der Waals surface area contributed by atoms with Gasteiger partial charge in [0.2, 0.25) is 10.0 Å². The molecule has 0 aliphatic carbocycles. The van der Waals surface area contributed by atoms with E-state index in [-0.39, 0.29) is 29.0 Å². The summed E-state index contributed by atoms with van der Waals surface area (Å²) >= 11 is 0. The maximum Gasteiger partial charge on any atom is 0.242 e. The molecule has 1 aromatic carbocycles. The SMILES string of the molecule is CC(C)OCCN(C)S(=O)(=O)c1ccc(O)c(N)c1. The first kappa shape index (κ1) is 15.7. The van der Waals surface area contributed by atoms with Gasteiger partial charge in [-0.1, -0.05) is 0 Å². The van der Waals surface area contributed by atoms with Crippen molar-refractivity contribution in [1.82, 2.24) is 4.31 Å². The van der Waals surface area contributed by atoms with Gasteiger partial charge in [0.25, 0.3) is 0 Å². The van der Waals surface area contributed by atoms with Crippen molar-refractivity contribution in [3.05, 3.63) is 18.2 Å². The molecule has 108 valence electrons. The molecule has 1 aromatic rings. The third-order valence-electron chi connectivity index (χ3n) is 2.56. The molecule has 0 aliphatic heterocycles. The number of benzene rings is 1. The van der Waals surface area contributed by atoms with Crippen LogP contribution in [0.3, 0.4) is 0 Å². The molecule has 0 amide bonds. The highest BCUT2D eigenvalue weighted by molar-refractivity contribution is 7.89. The summed E-state index contributed by atoms with van der Waals surface area (Å²) in [6, 6.07) is 3.83. The van der Waals surface area contributed by atoms with E-state index in [0.717, 1.165) is 0 Å². The number of hydrogen-bond donors (Lipinski definition) is 2. The van der Waals surface area contributed by atoms with Crippen LogP contribution in [0, 0.1) is 0 Å². The predicted octanol–water partition coefficient (Wildman–Crippen LogP) is 1.02. The molecule has 7 heteroatoms. The molecule has 19 heavy (non-hydrogen) atoms. The Kier molecular flexibility index (Phi) is 5.16. The lowest BCUT2D eigenvalue weighted by Gasteiger charge is -2.18. The van der Waals surface area contributed by atoms with Gasteiger partial charge < -0.3 is 15.6 Å². The molecule has 0 saturated carbocycles. The minimum atomic E-state index is -3.61. The maximum absolute atomic E-state index is 12.2. The van der Waals surface area contributed by atoms with Gasteiger partial charge >= 0.3 is 0 Å². The topological polar surface area (TPSA) is 92.9 Å². The highest BCUT2D eigenvalue weighted by Crippen LogP contribution is 2.24. The number of phenols is 1. The first-order valence-corrected chi connectivity index (χ1v) is 7.35. The Morgan fingerprint density at radius 2 is 2.05 bits per heavy atom. The Morgan fingerprint density at radius 3 is 2.58 bits per heavy atom. The van der Waals surface area contributed by atoms with Crippen LogP contribution in [0.4, 0.5) is 5.69 Å². The number of nitrogen functional groups attached to an aromatic ring is 1. The Hall–Kier alpha value is -1.31. The number of aromatic hydroxyl groups is 1. The van der Waals surface area contributed by atoms with E-state index in [4.69, 9.17) is 10.5 Å². The van der Waals surface area contributed by atoms with Crippen molar-refractivity contribution in [3.63, 3.8) is 0 Å². The van der Waals surface area contributed by atoms with Crippen LogP contribution in [-0.2, 0) is 14.8 Å². The molecule has 0 spiro atoms. The summed E-state index contributed by atoms with van der Waals surface area (Å²) in [5.41, 5.74) is 5.53. The quantitative estimate of drug-likeness (QED) is 0.602. The molecule has 0 bridgehead atoms. The van der Waals surface area contributed by atoms with Crippen LogP contribution in [-0.4, -0.2) is 44.1 Å². The van der Waals surface area contributed by atoms with Crippen molar-refractivity contribution in [3.8, 4) is 5.75 Å². The lowest BCUT2D eigenvalue weighted by atomic mass is 10.3. The van der Waals surface area contributed by atoms with Gasteiger partial charge in [-0.15, -0.1) is 0 Å². The lowest BCUT2D eigenvalue weighted by molar-refractivity contribution is 0.0737. The largest absolute Gasteiger partial charge is 0.506 e.